The Kier molecular flexibility index (Phi) is 4.01. The van der Waals surface area contributed by atoms with Gasteiger partial charge in [0.15, 0.2) is 0 Å². The van der Waals surface area contributed by atoms with Crippen LogP contribution in [0.1, 0.15) is 49.0 Å². The molecule has 1 saturated heterocycles. The van der Waals surface area contributed by atoms with Crippen LogP contribution in [-0.4, -0.2) is 47.9 Å². The molecule has 7 nitrogen and oxygen atoms in total. The van der Waals surface area contributed by atoms with Crippen molar-refractivity contribution >= 4 is 0 Å². The van der Waals surface area contributed by atoms with E-state index < -0.39 is 5.60 Å². The summed E-state index contributed by atoms with van der Waals surface area (Å²) >= 11 is 0. The third-order valence-corrected chi connectivity index (χ3v) is 4.88. The van der Waals surface area contributed by atoms with Gasteiger partial charge in [0.05, 0.1) is 11.9 Å². The highest BCUT2D eigenvalue weighted by molar-refractivity contribution is 5.24. The summed E-state index contributed by atoms with van der Waals surface area (Å²) in [6, 6.07) is 0.248. The first kappa shape index (κ1) is 16.1. The van der Waals surface area contributed by atoms with Gasteiger partial charge < -0.3 is 5.11 Å². The van der Waals surface area contributed by atoms with Crippen LogP contribution < -0.4 is 0 Å². The monoisotopic (exact) mass is 318 g/mol. The van der Waals surface area contributed by atoms with E-state index in [2.05, 4.69) is 41.1 Å². The van der Waals surface area contributed by atoms with E-state index in [0.29, 0.717) is 18.7 Å². The van der Waals surface area contributed by atoms with Crippen LogP contribution in [0.2, 0.25) is 0 Å². The molecule has 3 rings (SSSR count). The standard InChI is InChI=1S/C16H26N6O/c1-11(2)22-9-15(17-19-22)16(23)6-7-21(10-16)8-14-12(3)18-20(5)13(14)4/h9,11,23H,6-8,10H2,1-5H3. The van der Waals surface area contributed by atoms with Gasteiger partial charge in [0.25, 0.3) is 0 Å². The molecule has 2 aromatic rings. The smallest absolute Gasteiger partial charge is 0.124 e. The van der Waals surface area contributed by atoms with Crippen LogP contribution in [0.25, 0.3) is 0 Å². The van der Waals surface area contributed by atoms with E-state index in [1.807, 2.05) is 24.9 Å². The number of rotatable bonds is 4. The number of aliphatic hydroxyl groups is 1. The number of nitrogens with zero attached hydrogens (tertiary/aromatic N) is 6. The average Bonchev–Trinajstić information content (AvgIpc) is 3.16. The summed E-state index contributed by atoms with van der Waals surface area (Å²) in [5.74, 6) is 0. The van der Waals surface area contributed by atoms with Crippen LogP contribution >= 0.6 is 0 Å². The van der Waals surface area contributed by atoms with Crippen molar-refractivity contribution in [2.24, 2.45) is 7.05 Å². The molecule has 0 aromatic carbocycles. The zero-order valence-corrected chi connectivity index (χ0v) is 14.6. The molecule has 3 heterocycles. The first-order chi connectivity index (χ1) is 10.8. The fraction of sp³-hybridized carbons (Fsp3) is 0.688. The summed E-state index contributed by atoms with van der Waals surface area (Å²) < 4.78 is 3.71. The van der Waals surface area contributed by atoms with Gasteiger partial charge in [-0.1, -0.05) is 5.21 Å². The van der Waals surface area contributed by atoms with Crippen LogP contribution in [-0.2, 0) is 19.2 Å². The number of aryl methyl sites for hydroxylation is 2. The van der Waals surface area contributed by atoms with Gasteiger partial charge in [-0.05, 0) is 34.1 Å². The highest BCUT2D eigenvalue weighted by Gasteiger charge is 2.40. The van der Waals surface area contributed by atoms with E-state index in [1.165, 1.54) is 11.3 Å². The summed E-state index contributed by atoms with van der Waals surface area (Å²) in [5, 5.41) is 23.8. The van der Waals surface area contributed by atoms with E-state index in [0.717, 1.165) is 18.8 Å². The molecule has 1 aliphatic rings. The molecule has 0 radical (unpaired) electrons. The molecule has 23 heavy (non-hydrogen) atoms. The summed E-state index contributed by atoms with van der Waals surface area (Å²) in [4.78, 5) is 2.27. The van der Waals surface area contributed by atoms with Gasteiger partial charge in [0.1, 0.15) is 11.3 Å². The molecule has 1 N–H and O–H groups in total. The van der Waals surface area contributed by atoms with Crippen molar-refractivity contribution in [3.05, 3.63) is 28.8 Å². The summed E-state index contributed by atoms with van der Waals surface area (Å²) in [6.07, 6.45) is 2.55. The number of aromatic nitrogens is 5. The van der Waals surface area contributed by atoms with Crippen LogP contribution in [0.3, 0.4) is 0 Å². The molecule has 126 valence electrons. The molecule has 1 aliphatic heterocycles. The van der Waals surface area contributed by atoms with Gasteiger partial charge in [-0.3, -0.25) is 9.58 Å². The lowest BCUT2D eigenvalue weighted by molar-refractivity contribution is 0.0408. The van der Waals surface area contributed by atoms with Crippen molar-refractivity contribution in [1.29, 1.82) is 0 Å². The largest absolute Gasteiger partial charge is 0.382 e. The lowest BCUT2D eigenvalue weighted by atomic mass is 10.00. The van der Waals surface area contributed by atoms with Gasteiger partial charge >= 0.3 is 0 Å². The molecule has 0 saturated carbocycles. The van der Waals surface area contributed by atoms with Crippen LogP contribution in [0.5, 0.6) is 0 Å². The van der Waals surface area contributed by atoms with Crippen molar-refractivity contribution in [3.63, 3.8) is 0 Å². The topological polar surface area (TPSA) is 72.0 Å². The Morgan fingerprint density at radius 3 is 2.65 bits per heavy atom. The molecule has 0 aliphatic carbocycles. The summed E-state index contributed by atoms with van der Waals surface area (Å²) in [6.45, 7) is 10.5. The van der Waals surface area contributed by atoms with Gasteiger partial charge in [-0.15, -0.1) is 5.10 Å². The van der Waals surface area contributed by atoms with Gasteiger partial charge in [-0.25, -0.2) is 4.68 Å². The quantitative estimate of drug-likeness (QED) is 0.920. The van der Waals surface area contributed by atoms with Crippen molar-refractivity contribution in [2.75, 3.05) is 13.1 Å². The molecule has 0 amide bonds. The Labute approximate surface area is 136 Å². The van der Waals surface area contributed by atoms with E-state index in [-0.39, 0.29) is 6.04 Å². The molecule has 1 atom stereocenters. The minimum Gasteiger partial charge on any atom is -0.382 e. The maximum Gasteiger partial charge on any atom is 0.124 e. The van der Waals surface area contributed by atoms with E-state index >= 15 is 0 Å². The highest BCUT2D eigenvalue weighted by atomic mass is 16.3. The normalized spacial score (nSPS) is 22.4. The molecule has 1 unspecified atom stereocenters. The summed E-state index contributed by atoms with van der Waals surface area (Å²) in [5.41, 5.74) is 3.27. The van der Waals surface area contributed by atoms with Crippen LogP contribution in [0.15, 0.2) is 6.20 Å². The molecular weight excluding hydrogens is 292 g/mol. The molecule has 7 heteroatoms. The van der Waals surface area contributed by atoms with Gasteiger partial charge in [0.2, 0.25) is 0 Å². The maximum absolute atomic E-state index is 11.0. The lowest BCUT2D eigenvalue weighted by Crippen LogP contribution is -2.31. The summed E-state index contributed by atoms with van der Waals surface area (Å²) in [7, 11) is 1.97. The third kappa shape index (κ3) is 2.90. The molecular formula is C16H26N6O. The highest BCUT2D eigenvalue weighted by Crippen LogP contribution is 2.32. The van der Waals surface area contributed by atoms with Crippen molar-refractivity contribution in [1.82, 2.24) is 29.7 Å². The zero-order valence-electron chi connectivity index (χ0n) is 14.6. The third-order valence-electron chi connectivity index (χ3n) is 4.88. The first-order valence-corrected chi connectivity index (χ1v) is 8.16. The number of β-amino-alcohol motifs (C(OH)–C–C–N with tert-alkyl or cyclic N) is 1. The molecule has 2 aromatic heterocycles. The predicted molar refractivity (Wildman–Crippen MR) is 86.9 cm³/mol. The minimum atomic E-state index is -0.906. The number of hydrogen-bond acceptors (Lipinski definition) is 5. The van der Waals surface area contributed by atoms with Crippen molar-refractivity contribution in [2.45, 2.75) is 52.3 Å². The maximum atomic E-state index is 11.0. The zero-order chi connectivity index (χ0) is 16.8. The van der Waals surface area contributed by atoms with Crippen LogP contribution in [0, 0.1) is 13.8 Å². The number of hydrogen-bond donors (Lipinski definition) is 1. The van der Waals surface area contributed by atoms with E-state index in [9.17, 15) is 5.11 Å². The Morgan fingerprint density at radius 2 is 2.09 bits per heavy atom. The Morgan fingerprint density at radius 1 is 1.35 bits per heavy atom. The van der Waals surface area contributed by atoms with E-state index in [1.54, 1.807) is 4.68 Å². The Balaban J connectivity index is 1.74. The van der Waals surface area contributed by atoms with E-state index in [4.69, 9.17) is 0 Å². The fourth-order valence-electron chi connectivity index (χ4n) is 3.23. The SMILES string of the molecule is Cc1nn(C)c(C)c1CN1CCC(O)(c2cn(C(C)C)nn2)C1. The second kappa shape index (κ2) is 5.72. The number of likely N-dealkylation sites (tertiary alicyclic amines) is 1. The van der Waals surface area contributed by atoms with Gasteiger partial charge in [-0.2, -0.15) is 5.10 Å². The molecule has 1 fully saturated rings. The fourth-order valence-corrected chi connectivity index (χ4v) is 3.23. The Bertz CT molecular complexity index is 703. The van der Waals surface area contributed by atoms with Crippen molar-refractivity contribution in [3.8, 4) is 0 Å². The minimum absolute atomic E-state index is 0.248. The van der Waals surface area contributed by atoms with Gasteiger partial charge in [0, 0.05) is 44.0 Å². The van der Waals surface area contributed by atoms with Crippen molar-refractivity contribution < 1.29 is 5.11 Å². The Hall–Kier alpha value is -1.73. The van der Waals surface area contributed by atoms with Crippen LogP contribution in [0.4, 0.5) is 0 Å². The lowest BCUT2D eigenvalue weighted by Gasteiger charge is -2.21. The second-order valence-corrected chi connectivity index (χ2v) is 6.94. The molecule has 0 bridgehead atoms. The average molecular weight is 318 g/mol. The molecule has 0 spiro atoms. The first-order valence-electron chi connectivity index (χ1n) is 8.16. The predicted octanol–water partition coefficient (Wildman–Crippen LogP) is 1.30. The second-order valence-electron chi connectivity index (χ2n) is 6.94.